The minimum absolute atomic E-state index is 1.12. The predicted octanol–water partition coefficient (Wildman–Crippen LogP) is 9.82. The highest BCUT2D eigenvalue weighted by atomic mass is 79.9. The third kappa shape index (κ3) is 3.56. The van der Waals surface area contributed by atoms with Crippen molar-refractivity contribution in [1.82, 2.24) is 0 Å². The van der Waals surface area contributed by atoms with Crippen LogP contribution < -0.4 is 0 Å². The highest BCUT2D eigenvalue weighted by Crippen LogP contribution is 2.39. The number of fused-ring (bicyclic) bond motifs is 3. The quantitative estimate of drug-likeness (QED) is 0.231. The van der Waals surface area contributed by atoms with Gasteiger partial charge in [0, 0.05) is 24.6 Å². The van der Waals surface area contributed by atoms with Gasteiger partial charge in [0.15, 0.2) is 0 Å². The Labute approximate surface area is 199 Å². The summed E-state index contributed by atoms with van der Waals surface area (Å²) in [5, 5.41) is 2.62. The van der Waals surface area contributed by atoms with Crippen LogP contribution in [0.25, 0.3) is 53.6 Å². The lowest BCUT2D eigenvalue weighted by Crippen LogP contribution is -1.86. The summed E-state index contributed by atoms with van der Waals surface area (Å²) in [6, 6.07) is 41.6. The largest absolute Gasteiger partial charge is 0.135 e. The second kappa shape index (κ2) is 8.05. The third-order valence-electron chi connectivity index (χ3n) is 5.91. The van der Waals surface area contributed by atoms with Crippen LogP contribution >= 0.6 is 27.3 Å². The fourth-order valence-electron chi connectivity index (χ4n) is 4.32. The Kier molecular flexibility index (Phi) is 4.90. The van der Waals surface area contributed by atoms with Gasteiger partial charge in [-0.1, -0.05) is 82.7 Å². The number of benzene rings is 5. The lowest BCUT2D eigenvalue weighted by molar-refractivity contribution is 1.57. The molecule has 2 heteroatoms. The molecule has 1 heterocycles. The molecular weight excluding hydrogens is 472 g/mol. The molecule has 32 heavy (non-hydrogen) atoms. The second-order valence-electron chi connectivity index (χ2n) is 7.98. The number of thiophene rings is 1. The summed E-state index contributed by atoms with van der Waals surface area (Å²) < 4.78 is 3.76. The first-order valence-electron chi connectivity index (χ1n) is 10.6. The van der Waals surface area contributed by atoms with Crippen molar-refractivity contribution >= 4 is 47.4 Å². The maximum absolute atomic E-state index is 3.64. The third-order valence-corrected chi connectivity index (χ3v) is 7.56. The first-order chi connectivity index (χ1) is 15.7. The van der Waals surface area contributed by atoms with Gasteiger partial charge in [0.1, 0.15) is 0 Å². The van der Waals surface area contributed by atoms with E-state index in [2.05, 4.69) is 131 Å². The molecule has 0 N–H and O–H groups in total. The van der Waals surface area contributed by atoms with Gasteiger partial charge in [0.05, 0.1) is 0 Å². The smallest absolute Gasteiger partial charge is 0.0356 e. The van der Waals surface area contributed by atoms with Gasteiger partial charge in [-0.25, -0.2) is 0 Å². The van der Waals surface area contributed by atoms with Gasteiger partial charge in [-0.15, -0.1) is 11.3 Å². The molecule has 5 aromatic carbocycles. The molecule has 0 unspecified atom stereocenters. The molecule has 152 valence electrons. The Balaban J connectivity index is 1.58. The monoisotopic (exact) mass is 490 g/mol. The van der Waals surface area contributed by atoms with E-state index >= 15 is 0 Å². The van der Waals surface area contributed by atoms with E-state index in [1.165, 1.54) is 53.6 Å². The SMILES string of the molecule is Brc1ccc2sc3ccc(-c4cc(-c5ccccc5)cc(-c5ccccc5)c4)cc3c2c1. The first-order valence-corrected chi connectivity index (χ1v) is 12.2. The number of halogens is 1. The molecule has 0 radical (unpaired) electrons. The molecule has 0 aliphatic carbocycles. The lowest BCUT2D eigenvalue weighted by Gasteiger charge is -2.11. The van der Waals surface area contributed by atoms with Crippen molar-refractivity contribution in [2.24, 2.45) is 0 Å². The van der Waals surface area contributed by atoms with E-state index in [1.807, 2.05) is 11.3 Å². The van der Waals surface area contributed by atoms with Crippen molar-refractivity contribution in [3.05, 3.63) is 120 Å². The first kappa shape index (κ1) is 19.5. The highest BCUT2D eigenvalue weighted by Gasteiger charge is 2.10. The maximum Gasteiger partial charge on any atom is 0.0356 e. The van der Waals surface area contributed by atoms with Crippen molar-refractivity contribution in [1.29, 1.82) is 0 Å². The van der Waals surface area contributed by atoms with Gasteiger partial charge in [0.2, 0.25) is 0 Å². The van der Waals surface area contributed by atoms with E-state index in [9.17, 15) is 0 Å². The van der Waals surface area contributed by atoms with Gasteiger partial charge in [0.25, 0.3) is 0 Å². The Hall–Kier alpha value is -3.20. The second-order valence-corrected chi connectivity index (χ2v) is 9.98. The van der Waals surface area contributed by atoms with Gasteiger partial charge >= 0.3 is 0 Å². The molecule has 6 rings (SSSR count). The summed E-state index contributed by atoms with van der Waals surface area (Å²) in [6.07, 6.45) is 0. The van der Waals surface area contributed by atoms with Crippen LogP contribution in [0, 0.1) is 0 Å². The summed E-state index contributed by atoms with van der Waals surface area (Å²) in [7, 11) is 0. The van der Waals surface area contributed by atoms with Gasteiger partial charge in [-0.2, -0.15) is 0 Å². The standard InChI is InChI=1S/C30H19BrS/c31-26-12-14-30-28(19-26)27-18-22(11-13-29(27)32-30)25-16-23(20-7-3-1-4-8-20)15-24(17-25)21-9-5-2-6-10-21/h1-19H. The molecular formula is C30H19BrS. The Morgan fingerprint density at radius 1 is 0.406 bits per heavy atom. The van der Waals surface area contributed by atoms with E-state index in [0.717, 1.165) is 4.47 Å². The molecule has 0 atom stereocenters. The van der Waals surface area contributed by atoms with Crippen LogP contribution in [0.15, 0.2) is 120 Å². The summed E-state index contributed by atoms with van der Waals surface area (Å²) in [5.74, 6) is 0. The van der Waals surface area contributed by atoms with Crippen molar-refractivity contribution in [2.45, 2.75) is 0 Å². The summed E-state index contributed by atoms with van der Waals surface area (Å²) in [6.45, 7) is 0. The van der Waals surface area contributed by atoms with Crippen LogP contribution in [0.3, 0.4) is 0 Å². The zero-order chi connectivity index (χ0) is 21.5. The van der Waals surface area contributed by atoms with Crippen LogP contribution in [0.4, 0.5) is 0 Å². The van der Waals surface area contributed by atoms with Gasteiger partial charge < -0.3 is 0 Å². The zero-order valence-corrected chi connectivity index (χ0v) is 19.7. The lowest BCUT2D eigenvalue weighted by atomic mass is 9.93. The van der Waals surface area contributed by atoms with Crippen LogP contribution in [0.2, 0.25) is 0 Å². The molecule has 0 bridgehead atoms. The number of hydrogen-bond acceptors (Lipinski definition) is 1. The van der Waals surface area contributed by atoms with Crippen molar-refractivity contribution in [3.8, 4) is 33.4 Å². The van der Waals surface area contributed by atoms with Crippen LogP contribution in [-0.4, -0.2) is 0 Å². The van der Waals surface area contributed by atoms with Crippen LogP contribution in [0.5, 0.6) is 0 Å². The topological polar surface area (TPSA) is 0 Å². The molecule has 0 amide bonds. The van der Waals surface area contributed by atoms with Crippen molar-refractivity contribution in [2.75, 3.05) is 0 Å². The molecule has 1 aromatic heterocycles. The number of rotatable bonds is 3. The normalized spacial score (nSPS) is 11.3. The average molecular weight is 491 g/mol. The van der Waals surface area contributed by atoms with Crippen molar-refractivity contribution < 1.29 is 0 Å². The summed E-state index contributed by atoms with van der Waals surface area (Å²) >= 11 is 5.50. The molecule has 0 aliphatic rings. The molecule has 0 aliphatic heterocycles. The van der Waals surface area contributed by atoms with E-state index in [-0.39, 0.29) is 0 Å². The van der Waals surface area contributed by atoms with Crippen LogP contribution in [0.1, 0.15) is 0 Å². The van der Waals surface area contributed by atoms with E-state index < -0.39 is 0 Å². The maximum atomic E-state index is 3.64. The Morgan fingerprint density at radius 3 is 1.50 bits per heavy atom. The fourth-order valence-corrected chi connectivity index (χ4v) is 5.75. The number of hydrogen-bond donors (Lipinski definition) is 0. The Morgan fingerprint density at radius 2 is 0.906 bits per heavy atom. The molecule has 0 spiro atoms. The van der Waals surface area contributed by atoms with Crippen LogP contribution in [-0.2, 0) is 0 Å². The minimum Gasteiger partial charge on any atom is -0.135 e. The fraction of sp³-hybridized carbons (Fsp3) is 0. The van der Waals surface area contributed by atoms with E-state index in [4.69, 9.17) is 0 Å². The molecule has 0 nitrogen and oxygen atoms in total. The summed E-state index contributed by atoms with van der Waals surface area (Å²) in [5.41, 5.74) is 7.42. The highest BCUT2D eigenvalue weighted by molar-refractivity contribution is 9.10. The van der Waals surface area contributed by atoms with Gasteiger partial charge in [-0.05, 0) is 81.9 Å². The van der Waals surface area contributed by atoms with Crippen molar-refractivity contribution in [3.63, 3.8) is 0 Å². The van der Waals surface area contributed by atoms with E-state index in [1.54, 1.807) is 0 Å². The predicted molar refractivity (Wildman–Crippen MR) is 143 cm³/mol. The zero-order valence-electron chi connectivity index (χ0n) is 17.3. The summed E-state index contributed by atoms with van der Waals surface area (Å²) in [4.78, 5) is 0. The Bertz CT molecular complexity index is 1510. The average Bonchev–Trinajstić information content (AvgIpc) is 3.22. The molecule has 0 fully saturated rings. The van der Waals surface area contributed by atoms with E-state index in [0.29, 0.717) is 0 Å². The molecule has 0 saturated heterocycles. The molecule has 0 saturated carbocycles. The minimum atomic E-state index is 1.12. The van der Waals surface area contributed by atoms with Gasteiger partial charge in [-0.3, -0.25) is 0 Å². The molecule has 6 aromatic rings.